The third kappa shape index (κ3) is 1.57. The van der Waals surface area contributed by atoms with Gasteiger partial charge in [-0.15, -0.1) is 0 Å². The highest BCUT2D eigenvalue weighted by Gasteiger charge is 2.10. The van der Waals surface area contributed by atoms with Crippen molar-refractivity contribution in [2.45, 2.75) is 13.3 Å². The summed E-state index contributed by atoms with van der Waals surface area (Å²) in [6.07, 6.45) is 3.67. The fourth-order valence-electron chi connectivity index (χ4n) is 0.884. The molecule has 0 aromatic carbocycles. The van der Waals surface area contributed by atoms with E-state index in [2.05, 4.69) is 9.97 Å². The van der Waals surface area contributed by atoms with E-state index in [0.717, 1.165) is 0 Å². The summed E-state index contributed by atoms with van der Waals surface area (Å²) in [5, 5.41) is 0. The van der Waals surface area contributed by atoms with Gasteiger partial charge >= 0.3 is 0 Å². The van der Waals surface area contributed by atoms with Crippen molar-refractivity contribution in [3.63, 3.8) is 0 Å². The lowest BCUT2D eigenvalue weighted by atomic mass is 10.2. The third-order valence-corrected chi connectivity index (χ3v) is 1.46. The fraction of sp³-hybridized carbons (Fsp3) is 0.286. The zero-order chi connectivity index (χ0) is 8.97. The number of nitrogen functional groups attached to an aromatic ring is 1. The van der Waals surface area contributed by atoms with Gasteiger partial charge in [0.2, 0.25) is 0 Å². The summed E-state index contributed by atoms with van der Waals surface area (Å²) in [4.78, 5) is 18.9. The number of amides is 1. The number of aromatic nitrogens is 2. The average molecular weight is 166 g/mol. The maximum Gasteiger partial charge on any atom is 0.285 e. The molecule has 5 nitrogen and oxygen atoms in total. The highest BCUT2D eigenvalue weighted by atomic mass is 16.2. The molecule has 0 bridgehead atoms. The first-order valence-electron chi connectivity index (χ1n) is 3.60. The second-order valence-corrected chi connectivity index (χ2v) is 2.18. The normalized spacial score (nSPS) is 9.50. The van der Waals surface area contributed by atoms with Crippen molar-refractivity contribution in [2.24, 2.45) is 5.84 Å². The van der Waals surface area contributed by atoms with Gasteiger partial charge in [0.15, 0.2) is 5.69 Å². The molecule has 12 heavy (non-hydrogen) atoms. The van der Waals surface area contributed by atoms with Crippen LogP contribution in [0.1, 0.15) is 23.1 Å². The molecular weight excluding hydrogens is 156 g/mol. The van der Waals surface area contributed by atoms with E-state index >= 15 is 0 Å². The van der Waals surface area contributed by atoms with Gasteiger partial charge in [0, 0.05) is 12.4 Å². The maximum atomic E-state index is 11.1. The predicted octanol–water partition coefficient (Wildman–Crippen LogP) is -0.358. The predicted molar refractivity (Wildman–Crippen MR) is 43.1 cm³/mol. The van der Waals surface area contributed by atoms with Crippen LogP contribution in [0, 0.1) is 0 Å². The Bertz CT molecular complexity index is 286. The molecule has 0 atom stereocenters. The highest BCUT2D eigenvalue weighted by molar-refractivity contribution is 5.92. The molecule has 64 valence electrons. The number of hydrogen-bond donors (Lipinski definition) is 2. The monoisotopic (exact) mass is 166 g/mol. The molecule has 1 aromatic heterocycles. The van der Waals surface area contributed by atoms with Crippen molar-refractivity contribution in [1.29, 1.82) is 0 Å². The van der Waals surface area contributed by atoms with Crippen LogP contribution in [0.4, 0.5) is 0 Å². The molecule has 5 heteroatoms. The van der Waals surface area contributed by atoms with E-state index in [1.54, 1.807) is 6.20 Å². The quantitative estimate of drug-likeness (QED) is 0.357. The van der Waals surface area contributed by atoms with Crippen LogP contribution in [-0.4, -0.2) is 15.9 Å². The maximum absolute atomic E-state index is 11.1. The Morgan fingerprint density at radius 1 is 1.58 bits per heavy atom. The number of aryl methyl sites for hydroxylation is 1. The molecule has 0 radical (unpaired) electrons. The second-order valence-electron chi connectivity index (χ2n) is 2.18. The summed E-state index contributed by atoms with van der Waals surface area (Å²) in [5.41, 5.74) is 2.96. The van der Waals surface area contributed by atoms with E-state index < -0.39 is 5.91 Å². The van der Waals surface area contributed by atoms with Gasteiger partial charge in [0.1, 0.15) is 0 Å². The van der Waals surface area contributed by atoms with Crippen molar-refractivity contribution in [2.75, 3.05) is 0 Å². The minimum absolute atomic E-state index is 0.294. The van der Waals surface area contributed by atoms with Crippen molar-refractivity contribution in [1.82, 2.24) is 15.4 Å². The van der Waals surface area contributed by atoms with Gasteiger partial charge in [-0.05, 0) is 6.42 Å². The first kappa shape index (κ1) is 8.61. The van der Waals surface area contributed by atoms with Gasteiger partial charge in [-0.2, -0.15) is 0 Å². The van der Waals surface area contributed by atoms with Gasteiger partial charge in [-0.1, -0.05) is 6.92 Å². The molecule has 0 aliphatic carbocycles. The van der Waals surface area contributed by atoms with Crippen LogP contribution in [0.15, 0.2) is 12.4 Å². The van der Waals surface area contributed by atoms with Crippen molar-refractivity contribution < 1.29 is 4.79 Å². The average Bonchev–Trinajstić information content (AvgIpc) is 2.16. The van der Waals surface area contributed by atoms with Crippen LogP contribution >= 0.6 is 0 Å². The lowest BCUT2D eigenvalue weighted by molar-refractivity contribution is 0.0947. The first-order chi connectivity index (χ1) is 5.79. The van der Waals surface area contributed by atoms with Crippen LogP contribution < -0.4 is 11.3 Å². The number of carbonyl (C=O) groups excluding carboxylic acids is 1. The molecule has 0 saturated carbocycles. The minimum atomic E-state index is -0.403. The minimum Gasteiger partial charge on any atom is -0.289 e. The number of nitrogens with zero attached hydrogens (tertiary/aromatic N) is 2. The Hall–Kier alpha value is -1.49. The molecule has 1 aromatic rings. The summed E-state index contributed by atoms with van der Waals surface area (Å²) < 4.78 is 0. The molecular formula is C7H10N4O. The SMILES string of the molecule is CCc1nccnc1C(=O)NN. The van der Waals surface area contributed by atoms with E-state index in [1.807, 2.05) is 12.3 Å². The van der Waals surface area contributed by atoms with Gasteiger partial charge in [0.25, 0.3) is 5.91 Å². The third-order valence-electron chi connectivity index (χ3n) is 1.46. The van der Waals surface area contributed by atoms with Gasteiger partial charge in [-0.3, -0.25) is 15.2 Å². The highest BCUT2D eigenvalue weighted by Crippen LogP contribution is 2.00. The number of nitrogens with one attached hydrogen (secondary N) is 1. The Labute approximate surface area is 70.0 Å². The van der Waals surface area contributed by atoms with Crippen LogP contribution in [0.5, 0.6) is 0 Å². The first-order valence-corrected chi connectivity index (χ1v) is 3.60. The Balaban J connectivity index is 3.04. The van der Waals surface area contributed by atoms with Gasteiger partial charge in [0.05, 0.1) is 5.69 Å². The van der Waals surface area contributed by atoms with Crippen molar-refractivity contribution in [3.8, 4) is 0 Å². The van der Waals surface area contributed by atoms with Crippen LogP contribution in [-0.2, 0) is 6.42 Å². The molecule has 0 aliphatic heterocycles. The van der Waals surface area contributed by atoms with E-state index in [9.17, 15) is 4.79 Å². The number of nitrogens with two attached hydrogens (primary N) is 1. The Morgan fingerprint density at radius 2 is 2.25 bits per heavy atom. The largest absolute Gasteiger partial charge is 0.289 e. The molecule has 1 heterocycles. The zero-order valence-corrected chi connectivity index (χ0v) is 6.74. The van der Waals surface area contributed by atoms with Gasteiger partial charge < -0.3 is 0 Å². The molecule has 0 unspecified atom stereocenters. The molecule has 0 saturated heterocycles. The summed E-state index contributed by atoms with van der Waals surface area (Å²) in [5.74, 6) is 4.56. The molecule has 0 spiro atoms. The molecule has 1 rings (SSSR count). The molecule has 3 N–H and O–H groups in total. The lowest BCUT2D eigenvalue weighted by Gasteiger charge is -2.02. The fourth-order valence-corrected chi connectivity index (χ4v) is 0.884. The van der Waals surface area contributed by atoms with Gasteiger partial charge in [-0.25, -0.2) is 10.8 Å². The van der Waals surface area contributed by atoms with Crippen molar-refractivity contribution >= 4 is 5.91 Å². The Kier molecular flexibility index (Phi) is 2.71. The van der Waals surface area contributed by atoms with E-state index in [-0.39, 0.29) is 0 Å². The number of hydrazine groups is 1. The standard InChI is InChI=1S/C7H10N4O/c1-2-5-6(7(12)11-8)10-4-3-9-5/h3-4H,2,8H2,1H3,(H,11,12). The summed E-state index contributed by atoms with van der Waals surface area (Å²) in [6.45, 7) is 1.90. The summed E-state index contributed by atoms with van der Waals surface area (Å²) >= 11 is 0. The van der Waals surface area contributed by atoms with Crippen LogP contribution in [0.2, 0.25) is 0 Å². The smallest absolute Gasteiger partial charge is 0.285 e. The molecule has 0 fully saturated rings. The van der Waals surface area contributed by atoms with E-state index in [1.165, 1.54) is 6.20 Å². The summed E-state index contributed by atoms with van der Waals surface area (Å²) in [6, 6.07) is 0. The second kappa shape index (κ2) is 3.77. The lowest BCUT2D eigenvalue weighted by Crippen LogP contribution is -2.31. The van der Waals surface area contributed by atoms with E-state index in [0.29, 0.717) is 17.8 Å². The number of hydrogen-bond acceptors (Lipinski definition) is 4. The Morgan fingerprint density at radius 3 is 2.83 bits per heavy atom. The number of carbonyl (C=O) groups is 1. The molecule has 1 amide bonds. The number of rotatable bonds is 2. The topological polar surface area (TPSA) is 80.9 Å². The van der Waals surface area contributed by atoms with Crippen molar-refractivity contribution in [3.05, 3.63) is 23.8 Å². The van der Waals surface area contributed by atoms with Crippen LogP contribution in [0.3, 0.4) is 0 Å². The van der Waals surface area contributed by atoms with E-state index in [4.69, 9.17) is 5.84 Å². The van der Waals surface area contributed by atoms with Crippen LogP contribution in [0.25, 0.3) is 0 Å². The zero-order valence-electron chi connectivity index (χ0n) is 6.74. The molecule has 0 aliphatic rings. The summed E-state index contributed by atoms with van der Waals surface area (Å²) in [7, 11) is 0.